The van der Waals surface area contributed by atoms with Gasteiger partial charge in [0, 0.05) is 12.0 Å². The molecule has 0 spiro atoms. The highest BCUT2D eigenvalue weighted by molar-refractivity contribution is 5.81. The predicted molar refractivity (Wildman–Crippen MR) is 55.0 cm³/mol. The van der Waals surface area contributed by atoms with Gasteiger partial charge in [0.1, 0.15) is 6.10 Å². The molecule has 0 bridgehead atoms. The highest BCUT2D eigenvalue weighted by atomic mass is 16.5. The lowest BCUT2D eigenvalue weighted by molar-refractivity contribution is -0.147. The van der Waals surface area contributed by atoms with E-state index in [4.69, 9.17) is 4.74 Å². The van der Waals surface area contributed by atoms with Gasteiger partial charge in [-0.3, -0.25) is 0 Å². The zero-order chi connectivity index (χ0) is 11.1. The maximum absolute atomic E-state index is 11.1. The van der Waals surface area contributed by atoms with Gasteiger partial charge in [-0.05, 0) is 19.3 Å². The minimum Gasteiger partial charge on any atom is -0.459 e. The van der Waals surface area contributed by atoms with Gasteiger partial charge in [-0.2, -0.15) is 0 Å². The van der Waals surface area contributed by atoms with E-state index < -0.39 is 5.97 Å². The van der Waals surface area contributed by atoms with Crippen LogP contribution in [0.4, 0.5) is 0 Å². The van der Waals surface area contributed by atoms with Crippen molar-refractivity contribution >= 4 is 12.0 Å². The number of esters is 1. The van der Waals surface area contributed by atoms with Crippen molar-refractivity contribution in [1.29, 1.82) is 0 Å². The summed E-state index contributed by atoms with van der Waals surface area (Å²) in [5, 5.41) is 0. The van der Waals surface area contributed by atoms with Gasteiger partial charge in [0.2, 0.25) is 6.08 Å². The average Bonchev–Trinajstić information content (AvgIpc) is 2.28. The van der Waals surface area contributed by atoms with E-state index in [-0.39, 0.29) is 12.0 Å². The molecule has 1 aliphatic rings. The van der Waals surface area contributed by atoms with Crippen LogP contribution >= 0.6 is 0 Å². The van der Waals surface area contributed by atoms with E-state index in [1.807, 2.05) is 0 Å². The standard InChI is InChI=1S/C11H15NO3/c1-2-11(14)15-10-6-4-3-5-9(10)7-12-8-13/h2,9-10H,1,3-7H2. The van der Waals surface area contributed by atoms with Gasteiger partial charge < -0.3 is 4.74 Å². The number of ether oxygens (including phenoxy) is 1. The normalized spacial score (nSPS) is 25.1. The molecule has 4 heteroatoms. The number of hydrogen-bond acceptors (Lipinski definition) is 4. The Morgan fingerprint density at radius 3 is 2.93 bits per heavy atom. The third-order valence-corrected chi connectivity index (χ3v) is 2.66. The zero-order valence-corrected chi connectivity index (χ0v) is 8.65. The number of aliphatic imine (C=N–C) groups is 1. The van der Waals surface area contributed by atoms with Crippen molar-refractivity contribution in [3.8, 4) is 0 Å². The molecular weight excluding hydrogens is 194 g/mol. The Labute approximate surface area is 89.0 Å². The number of carbonyl (C=O) groups is 1. The molecule has 1 rings (SSSR count). The minimum atomic E-state index is -0.401. The summed E-state index contributed by atoms with van der Waals surface area (Å²) in [4.78, 5) is 24.6. The summed E-state index contributed by atoms with van der Waals surface area (Å²) in [6.07, 6.45) is 6.50. The molecule has 0 saturated heterocycles. The van der Waals surface area contributed by atoms with Crippen LogP contribution in [0.2, 0.25) is 0 Å². The molecule has 0 heterocycles. The highest BCUT2D eigenvalue weighted by Crippen LogP contribution is 2.27. The van der Waals surface area contributed by atoms with E-state index in [0.29, 0.717) is 6.54 Å². The van der Waals surface area contributed by atoms with Crippen LogP contribution in [-0.2, 0) is 14.3 Å². The van der Waals surface area contributed by atoms with Crippen molar-refractivity contribution < 1.29 is 14.3 Å². The summed E-state index contributed by atoms with van der Waals surface area (Å²) in [5.41, 5.74) is 0. The number of carbonyl (C=O) groups excluding carboxylic acids is 2. The summed E-state index contributed by atoms with van der Waals surface area (Å²) in [6, 6.07) is 0. The average molecular weight is 209 g/mol. The van der Waals surface area contributed by atoms with Crippen molar-refractivity contribution in [1.82, 2.24) is 0 Å². The second-order valence-corrected chi connectivity index (χ2v) is 3.66. The number of nitrogens with zero attached hydrogens (tertiary/aromatic N) is 1. The smallest absolute Gasteiger partial charge is 0.330 e. The molecule has 15 heavy (non-hydrogen) atoms. The maximum Gasteiger partial charge on any atom is 0.330 e. The molecule has 2 atom stereocenters. The molecule has 2 unspecified atom stereocenters. The first-order chi connectivity index (χ1) is 7.27. The molecule has 0 aromatic carbocycles. The second-order valence-electron chi connectivity index (χ2n) is 3.66. The molecule has 0 aromatic rings. The number of rotatable bonds is 4. The van der Waals surface area contributed by atoms with Crippen molar-refractivity contribution in [2.75, 3.05) is 6.54 Å². The Bertz CT molecular complexity index is 282. The topological polar surface area (TPSA) is 55.7 Å². The van der Waals surface area contributed by atoms with Crippen LogP contribution in [0.1, 0.15) is 25.7 Å². The second kappa shape index (κ2) is 6.14. The molecule has 0 amide bonds. The van der Waals surface area contributed by atoms with Crippen molar-refractivity contribution in [2.45, 2.75) is 31.8 Å². The van der Waals surface area contributed by atoms with Crippen LogP contribution in [0.25, 0.3) is 0 Å². The van der Waals surface area contributed by atoms with Gasteiger partial charge in [-0.1, -0.05) is 13.0 Å². The van der Waals surface area contributed by atoms with Gasteiger partial charge in [-0.25, -0.2) is 14.6 Å². The largest absolute Gasteiger partial charge is 0.459 e. The Kier molecular flexibility index (Phi) is 4.78. The molecule has 0 aliphatic heterocycles. The SMILES string of the molecule is C=CC(=O)OC1CCCCC1CN=C=O. The van der Waals surface area contributed by atoms with Crippen molar-refractivity contribution in [3.05, 3.63) is 12.7 Å². The Morgan fingerprint density at radius 2 is 2.27 bits per heavy atom. The number of hydrogen-bond donors (Lipinski definition) is 0. The quantitative estimate of drug-likeness (QED) is 0.306. The molecule has 82 valence electrons. The van der Waals surface area contributed by atoms with E-state index in [2.05, 4.69) is 11.6 Å². The Hall–Kier alpha value is -1.41. The maximum atomic E-state index is 11.1. The summed E-state index contributed by atoms with van der Waals surface area (Å²) in [5.74, 6) is -0.244. The Morgan fingerprint density at radius 1 is 1.53 bits per heavy atom. The summed E-state index contributed by atoms with van der Waals surface area (Å²) in [7, 11) is 0. The number of isocyanates is 1. The van der Waals surface area contributed by atoms with Gasteiger partial charge in [0.15, 0.2) is 0 Å². The lowest BCUT2D eigenvalue weighted by atomic mass is 9.86. The van der Waals surface area contributed by atoms with E-state index in [0.717, 1.165) is 31.8 Å². The molecule has 1 saturated carbocycles. The molecule has 0 N–H and O–H groups in total. The molecule has 1 aliphatic carbocycles. The van der Waals surface area contributed by atoms with Crippen LogP contribution in [-0.4, -0.2) is 24.7 Å². The van der Waals surface area contributed by atoms with Crippen molar-refractivity contribution in [3.63, 3.8) is 0 Å². The van der Waals surface area contributed by atoms with Crippen LogP contribution in [0.15, 0.2) is 17.6 Å². The molecule has 0 radical (unpaired) electrons. The van der Waals surface area contributed by atoms with E-state index in [1.165, 1.54) is 6.08 Å². The fourth-order valence-electron chi connectivity index (χ4n) is 1.89. The van der Waals surface area contributed by atoms with Gasteiger partial charge in [-0.15, -0.1) is 0 Å². The van der Waals surface area contributed by atoms with Crippen molar-refractivity contribution in [2.24, 2.45) is 10.9 Å². The third kappa shape index (κ3) is 3.68. The first-order valence-electron chi connectivity index (χ1n) is 5.14. The van der Waals surface area contributed by atoms with Gasteiger partial charge in [0.25, 0.3) is 0 Å². The van der Waals surface area contributed by atoms with Crippen LogP contribution in [0, 0.1) is 5.92 Å². The zero-order valence-electron chi connectivity index (χ0n) is 8.65. The third-order valence-electron chi connectivity index (χ3n) is 2.66. The summed E-state index contributed by atoms with van der Waals surface area (Å²) < 4.78 is 5.20. The highest BCUT2D eigenvalue weighted by Gasteiger charge is 2.27. The van der Waals surface area contributed by atoms with E-state index in [9.17, 15) is 9.59 Å². The lowest BCUT2D eigenvalue weighted by Gasteiger charge is -2.29. The summed E-state index contributed by atoms with van der Waals surface area (Å²) >= 11 is 0. The first kappa shape index (κ1) is 11.7. The minimum absolute atomic E-state index is 0.124. The van der Waals surface area contributed by atoms with Crippen LogP contribution in [0.5, 0.6) is 0 Å². The van der Waals surface area contributed by atoms with Gasteiger partial charge in [0.05, 0.1) is 6.54 Å². The first-order valence-corrected chi connectivity index (χ1v) is 5.14. The lowest BCUT2D eigenvalue weighted by Crippen LogP contribution is -2.31. The van der Waals surface area contributed by atoms with E-state index in [1.54, 1.807) is 0 Å². The Balaban J connectivity index is 2.52. The monoisotopic (exact) mass is 209 g/mol. The van der Waals surface area contributed by atoms with Crippen LogP contribution < -0.4 is 0 Å². The fraction of sp³-hybridized carbons (Fsp3) is 0.636. The molecule has 0 aromatic heterocycles. The van der Waals surface area contributed by atoms with Gasteiger partial charge >= 0.3 is 5.97 Å². The van der Waals surface area contributed by atoms with E-state index >= 15 is 0 Å². The fourth-order valence-corrected chi connectivity index (χ4v) is 1.89. The molecule has 4 nitrogen and oxygen atoms in total. The molecule has 1 fully saturated rings. The van der Waals surface area contributed by atoms with Crippen LogP contribution in [0.3, 0.4) is 0 Å². The predicted octanol–water partition coefficient (Wildman–Crippen LogP) is 1.61. The summed E-state index contributed by atoms with van der Waals surface area (Å²) in [6.45, 7) is 3.75. The molecular formula is C11H15NO3.